The summed E-state index contributed by atoms with van der Waals surface area (Å²) >= 11 is 0. The molecule has 0 unspecified atom stereocenters. The summed E-state index contributed by atoms with van der Waals surface area (Å²) in [4.78, 5) is 34.8. The molecule has 0 saturated heterocycles. The molecule has 2 heterocycles. The lowest BCUT2D eigenvalue weighted by atomic mass is 9.92. The Morgan fingerprint density at radius 1 is 1.24 bits per heavy atom. The van der Waals surface area contributed by atoms with Gasteiger partial charge in [0.15, 0.2) is 0 Å². The van der Waals surface area contributed by atoms with E-state index in [0.29, 0.717) is 41.7 Å². The molecule has 1 atom stereocenters. The van der Waals surface area contributed by atoms with Crippen LogP contribution in [0.15, 0.2) is 24.5 Å². The molecule has 0 saturated carbocycles. The molecule has 156 valence electrons. The minimum atomic E-state index is -1.04. The third-order valence-corrected chi connectivity index (χ3v) is 4.10. The summed E-state index contributed by atoms with van der Waals surface area (Å²) in [6, 6.07) is 5.28. The first-order valence-corrected chi connectivity index (χ1v) is 9.27. The molecule has 29 heavy (non-hydrogen) atoms. The van der Waals surface area contributed by atoms with Crippen LogP contribution in [0.25, 0.3) is 11.4 Å². The first-order chi connectivity index (χ1) is 13.6. The maximum Gasteiger partial charge on any atom is 0.405 e. The minimum absolute atomic E-state index is 0.137. The second-order valence-electron chi connectivity index (χ2n) is 7.68. The van der Waals surface area contributed by atoms with Gasteiger partial charge >= 0.3 is 6.09 Å². The fraction of sp³-hybridized carbons (Fsp3) is 0.450. The standard InChI is InChI=1S/C20H27N5O4/c1-12(9-20(4,5)25-19(27)28)10-29-17-7-6-15(23-13(17)2)16-8-18(22-11-21-16)24-14(3)26/h6-8,11-12,25H,9-10H2,1-5H3,(H,27,28)(H,21,22,24,26)/t12-/m0/s1. The van der Waals surface area contributed by atoms with E-state index in [0.717, 1.165) is 0 Å². The number of carboxylic acid groups (broad SMARTS) is 1. The average molecular weight is 401 g/mol. The highest BCUT2D eigenvalue weighted by molar-refractivity contribution is 5.88. The molecule has 2 rings (SSSR count). The highest BCUT2D eigenvalue weighted by atomic mass is 16.5. The van der Waals surface area contributed by atoms with E-state index < -0.39 is 11.6 Å². The number of rotatable bonds is 8. The summed E-state index contributed by atoms with van der Waals surface area (Å²) < 4.78 is 5.89. The zero-order valence-corrected chi connectivity index (χ0v) is 17.3. The zero-order chi connectivity index (χ0) is 21.6. The van der Waals surface area contributed by atoms with E-state index in [4.69, 9.17) is 9.84 Å². The van der Waals surface area contributed by atoms with Gasteiger partial charge in [-0.3, -0.25) is 4.79 Å². The molecule has 2 aromatic rings. The van der Waals surface area contributed by atoms with E-state index in [-0.39, 0.29) is 11.8 Å². The summed E-state index contributed by atoms with van der Waals surface area (Å²) in [6.07, 6.45) is 0.970. The van der Waals surface area contributed by atoms with Gasteiger partial charge in [0.1, 0.15) is 17.9 Å². The normalized spacial score (nSPS) is 12.2. The van der Waals surface area contributed by atoms with Crippen molar-refractivity contribution in [3.8, 4) is 17.1 Å². The van der Waals surface area contributed by atoms with Crippen molar-refractivity contribution in [1.82, 2.24) is 20.3 Å². The lowest BCUT2D eigenvalue weighted by Crippen LogP contribution is -2.44. The van der Waals surface area contributed by atoms with Crippen molar-refractivity contribution in [2.45, 2.75) is 46.6 Å². The molecule has 9 heteroatoms. The third kappa shape index (κ3) is 7.02. The SMILES string of the molecule is CC(=O)Nc1cc(-c2ccc(OC[C@@H](C)CC(C)(C)NC(=O)O)c(C)n2)ncn1. The van der Waals surface area contributed by atoms with Crippen LogP contribution in [0.4, 0.5) is 10.6 Å². The summed E-state index contributed by atoms with van der Waals surface area (Å²) in [6.45, 7) is 9.39. The highest BCUT2D eigenvalue weighted by Gasteiger charge is 2.23. The Morgan fingerprint density at radius 3 is 2.59 bits per heavy atom. The summed E-state index contributed by atoms with van der Waals surface area (Å²) in [5.41, 5.74) is 1.40. The maximum absolute atomic E-state index is 11.2. The van der Waals surface area contributed by atoms with Gasteiger partial charge in [-0.2, -0.15) is 0 Å². The van der Waals surface area contributed by atoms with Gasteiger partial charge < -0.3 is 20.5 Å². The van der Waals surface area contributed by atoms with Gasteiger partial charge in [0.2, 0.25) is 5.91 Å². The van der Waals surface area contributed by atoms with Crippen LogP contribution < -0.4 is 15.4 Å². The molecular formula is C20H27N5O4. The lowest BCUT2D eigenvalue weighted by molar-refractivity contribution is -0.114. The number of aromatic nitrogens is 3. The van der Waals surface area contributed by atoms with Crippen LogP contribution in [0.1, 0.15) is 39.8 Å². The number of hydrogen-bond donors (Lipinski definition) is 3. The summed E-state index contributed by atoms with van der Waals surface area (Å²) in [7, 11) is 0. The number of anilines is 1. The van der Waals surface area contributed by atoms with Crippen molar-refractivity contribution in [2.24, 2.45) is 5.92 Å². The van der Waals surface area contributed by atoms with Crippen molar-refractivity contribution in [3.63, 3.8) is 0 Å². The molecule has 2 aromatic heterocycles. The molecule has 0 radical (unpaired) electrons. The Labute approximate surface area is 169 Å². The number of ether oxygens (including phenoxy) is 1. The quantitative estimate of drug-likeness (QED) is 0.620. The van der Waals surface area contributed by atoms with Crippen LogP contribution in [0, 0.1) is 12.8 Å². The largest absolute Gasteiger partial charge is 0.491 e. The van der Waals surface area contributed by atoms with Gasteiger partial charge in [0.25, 0.3) is 0 Å². The fourth-order valence-corrected chi connectivity index (χ4v) is 3.09. The van der Waals surface area contributed by atoms with Gasteiger partial charge in [-0.15, -0.1) is 0 Å². The van der Waals surface area contributed by atoms with Crippen LogP contribution in [-0.4, -0.2) is 44.2 Å². The van der Waals surface area contributed by atoms with Crippen molar-refractivity contribution in [1.29, 1.82) is 0 Å². The minimum Gasteiger partial charge on any atom is -0.491 e. The number of nitrogens with zero attached hydrogens (tertiary/aromatic N) is 3. The van der Waals surface area contributed by atoms with Gasteiger partial charge in [0, 0.05) is 18.5 Å². The molecule has 0 bridgehead atoms. The summed E-state index contributed by atoms with van der Waals surface area (Å²) in [5, 5.41) is 14.0. The topological polar surface area (TPSA) is 126 Å². The van der Waals surface area contributed by atoms with Crippen molar-refractivity contribution < 1.29 is 19.4 Å². The van der Waals surface area contributed by atoms with Gasteiger partial charge in [-0.25, -0.2) is 19.7 Å². The van der Waals surface area contributed by atoms with E-state index in [2.05, 4.69) is 25.6 Å². The Bertz CT molecular complexity index is 885. The van der Waals surface area contributed by atoms with E-state index >= 15 is 0 Å². The van der Waals surface area contributed by atoms with E-state index in [9.17, 15) is 9.59 Å². The monoisotopic (exact) mass is 401 g/mol. The second-order valence-corrected chi connectivity index (χ2v) is 7.68. The van der Waals surface area contributed by atoms with Crippen LogP contribution in [-0.2, 0) is 4.79 Å². The second kappa shape index (κ2) is 9.31. The predicted octanol–water partition coefficient (Wildman–Crippen LogP) is 3.26. The van der Waals surface area contributed by atoms with E-state index in [1.54, 1.807) is 12.1 Å². The maximum atomic E-state index is 11.2. The molecule has 0 aromatic carbocycles. The smallest absolute Gasteiger partial charge is 0.405 e. The van der Waals surface area contributed by atoms with Crippen LogP contribution in [0.2, 0.25) is 0 Å². The number of carbonyl (C=O) groups is 2. The molecule has 0 aliphatic rings. The molecule has 9 nitrogen and oxygen atoms in total. The van der Waals surface area contributed by atoms with E-state index in [1.165, 1.54) is 13.3 Å². The van der Waals surface area contributed by atoms with Crippen molar-refractivity contribution in [3.05, 3.63) is 30.2 Å². The first-order valence-electron chi connectivity index (χ1n) is 9.27. The van der Waals surface area contributed by atoms with E-state index in [1.807, 2.05) is 33.8 Å². The number of amides is 2. The number of carbonyl (C=O) groups excluding carboxylic acids is 1. The molecule has 0 aliphatic carbocycles. The number of pyridine rings is 1. The van der Waals surface area contributed by atoms with Crippen molar-refractivity contribution in [2.75, 3.05) is 11.9 Å². The van der Waals surface area contributed by atoms with Gasteiger partial charge in [-0.05, 0) is 45.2 Å². The Balaban J connectivity index is 2.03. The van der Waals surface area contributed by atoms with Crippen LogP contribution >= 0.6 is 0 Å². The molecule has 2 amide bonds. The van der Waals surface area contributed by atoms with Crippen molar-refractivity contribution >= 4 is 17.8 Å². The molecule has 0 fully saturated rings. The molecule has 0 aliphatic heterocycles. The molecule has 0 spiro atoms. The Hall–Kier alpha value is -3.23. The Kier molecular flexibility index (Phi) is 7.08. The summed E-state index contributed by atoms with van der Waals surface area (Å²) in [5.74, 6) is 0.992. The van der Waals surface area contributed by atoms with Crippen LogP contribution in [0.3, 0.4) is 0 Å². The van der Waals surface area contributed by atoms with Gasteiger partial charge in [-0.1, -0.05) is 6.92 Å². The number of aryl methyl sites for hydroxylation is 1. The fourth-order valence-electron chi connectivity index (χ4n) is 3.09. The third-order valence-electron chi connectivity index (χ3n) is 4.10. The molecule has 3 N–H and O–H groups in total. The molecular weight excluding hydrogens is 374 g/mol. The average Bonchev–Trinajstić information content (AvgIpc) is 2.58. The lowest BCUT2D eigenvalue weighted by Gasteiger charge is -2.28. The highest BCUT2D eigenvalue weighted by Crippen LogP contribution is 2.24. The van der Waals surface area contributed by atoms with Crippen LogP contribution in [0.5, 0.6) is 5.75 Å². The number of hydrogen-bond acceptors (Lipinski definition) is 6. The zero-order valence-electron chi connectivity index (χ0n) is 17.3. The first kappa shape index (κ1) is 22.1. The number of nitrogens with one attached hydrogen (secondary N) is 2. The van der Waals surface area contributed by atoms with Gasteiger partial charge in [0.05, 0.1) is 23.7 Å². The Morgan fingerprint density at radius 2 is 1.97 bits per heavy atom. The predicted molar refractivity (Wildman–Crippen MR) is 109 cm³/mol.